The third kappa shape index (κ3) is 3.03. The van der Waals surface area contributed by atoms with Crippen LogP contribution in [0.25, 0.3) is 0 Å². The molecule has 2 heterocycles. The normalized spacial score (nSPS) is 20.1. The Bertz CT molecular complexity index is 388. The molecule has 1 unspecified atom stereocenters. The maximum atomic E-state index is 4.50. The molecule has 0 bridgehead atoms. The van der Waals surface area contributed by atoms with Gasteiger partial charge in [0.25, 0.3) is 0 Å². The van der Waals surface area contributed by atoms with Crippen molar-refractivity contribution in [3.05, 3.63) is 11.4 Å². The molecule has 1 aliphatic rings. The first-order valence-electron chi connectivity index (χ1n) is 6.08. The van der Waals surface area contributed by atoms with Gasteiger partial charge in [0.1, 0.15) is 17.5 Å². The van der Waals surface area contributed by atoms with Gasteiger partial charge in [0.2, 0.25) is 0 Å². The van der Waals surface area contributed by atoms with Crippen LogP contribution in [0.1, 0.15) is 24.2 Å². The first-order valence-corrected chi connectivity index (χ1v) is 7.23. The summed E-state index contributed by atoms with van der Waals surface area (Å²) in [6.45, 7) is 3.99. The number of anilines is 2. The number of aromatic nitrogens is 2. The van der Waals surface area contributed by atoms with Gasteiger partial charge >= 0.3 is 0 Å². The summed E-state index contributed by atoms with van der Waals surface area (Å²) in [5.41, 5.74) is 1.11. The minimum absolute atomic E-state index is 0.548. The summed E-state index contributed by atoms with van der Waals surface area (Å²) in [4.78, 5) is 8.88. The van der Waals surface area contributed by atoms with Gasteiger partial charge in [0.15, 0.2) is 0 Å². The van der Waals surface area contributed by atoms with E-state index < -0.39 is 0 Å². The van der Waals surface area contributed by atoms with Gasteiger partial charge in [-0.05, 0) is 32.4 Å². The Hall–Kier alpha value is -0.970. The third-order valence-electron chi connectivity index (χ3n) is 3.00. The molecular weight excluding hydrogens is 232 g/mol. The molecule has 0 saturated carbocycles. The highest BCUT2D eigenvalue weighted by Gasteiger charge is 2.16. The lowest BCUT2D eigenvalue weighted by atomic mass is 10.2. The van der Waals surface area contributed by atoms with Crippen LogP contribution in [0.5, 0.6) is 0 Å². The maximum absolute atomic E-state index is 4.50. The van der Waals surface area contributed by atoms with Crippen molar-refractivity contribution >= 4 is 23.4 Å². The van der Waals surface area contributed by atoms with Gasteiger partial charge in [-0.3, -0.25) is 0 Å². The molecule has 1 aromatic rings. The van der Waals surface area contributed by atoms with Gasteiger partial charge < -0.3 is 10.6 Å². The fourth-order valence-corrected chi connectivity index (χ4v) is 3.13. The Morgan fingerprint density at radius 2 is 2.00 bits per heavy atom. The molecule has 1 aromatic heterocycles. The van der Waals surface area contributed by atoms with E-state index in [1.807, 2.05) is 25.7 Å². The monoisotopic (exact) mass is 252 g/mol. The number of thioether (sulfide) groups is 1. The van der Waals surface area contributed by atoms with Gasteiger partial charge in [-0.15, -0.1) is 0 Å². The van der Waals surface area contributed by atoms with Crippen molar-refractivity contribution in [3.8, 4) is 0 Å². The Morgan fingerprint density at radius 3 is 2.65 bits per heavy atom. The summed E-state index contributed by atoms with van der Waals surface area (Å²) >= 11 is 2.02. The maximum Gasteiger partial charge on any atom is 0.135 e. The summed E-state index contributed by atoms with van der Waals surface area (Å²) < 4.78 is 0. The summed E-state index contributed by atoms with van der Waals surface area (Å²) in [7, 11) is 1.90. The molecule has 1 aliphatic heterocycles. The van der Waals surface area contributed by atoms with Crippen LogP contribution in [-0.4, -0.2) is 34.6 Å². The zero-order chi connectivity index (χ0) is 12.3. The Kier molecular flexibility index (Phi) is 4.10. The first-order chi connectivity index (χ1) is 8.20. The van der Waals surface area contributed by atoms with E-state index in [1.54, 1.807) is 0 Å². The van der Waals surface area contributed by atoms with Gasteiger partial charge in [-0.2, -0.15) is 11.8 Å². The van der Waals surface area contributed by atoms with Crippen molar-refractivity contribution in [2.24, 2.45) is 0 Å². The van der Waals surface area contributed by atoms with Crippen molar-refractivity contribution in [3.63, 3.8) is 0 Å². The topological polar surface area (TPSA) is 49.8 Å². The number of rotatable bonds is 3. The molecule has 0 aliphatic carbocycles. The second-order valence-corrected chi connectivity index (χ2v) is 5.55. The first kappa shape index (κ1) is 12.5. The Labute approximate surface area is 107 Å². The van der Waals surface area contributed by atoms with Crippen LogP contribution in [0.2, 0.25) is 0 Å². The van der Waals surface area contributed by atoms with Crippen LogP contribution in [0.3, 0.4) is 0 Å². The molecule has 0 spiro atoms. The molecular formula is C12H20N4S. The number of nitrogens with one attached hydrogen (secondary N) is 2. The standard InChI is InChI=1S/C12H20N4S/c1-8-11(13-3)14-9(2)15-12(8)16-10-5-4-6-17-7-10/h10H,4-7H2,1-3H3,(H2,13,14,15,16). The molecule has 0 amide bonds. The number of aryl methyl sites for hydroxylation is 1. The summed E-state index contributed by atoms with van der Waals surface area (Å²) in [6, 6.07) is 0.548. The van der Waals surface area contributed by atoms with E-state index >= 15 is 0 Å². The average molecular weight is 252 g/mol. The lowest BCUT2D eigenvalue weighted by molar-refractivity contribution is 0.681. The molecule has 2 rings (SSSR count). The van der Waals surface area contributed by atoms with E-state index in [0.717, 1.165) is 23.0 Å². The van der Waals surface area contributed by atoms with E-state index in [2.05, 4.69) is 27.5 Å². The average Bonchev–Trinajstić information content (AvgIpc) is 2.34. The predicted molar refractivity (Wildman–Crippen MR) is 75.0 cm³/mol. The summed E-state index contributed by atoms with van der Waals surface area (Å²) in [6.07, 6.45) is 2.54. The van der Waals surface area contributed by atoms with Crippen molar-refractivity contribution in [2.45, 2.75) is 32.7 Å². The van der Waals surface area contributed by atoms with Gasteiger partial charge in [-0.1, -0.05) is 0 Å². The molecule has 2 N–H and O–H groups in total. The van der Waals surface area contributed by atoms with Crippen LogP contribution in [0, 0.1) is 13.8 Å². The molecule has 1 atom stereocenters. The number of nitrogens with zero attached hydrogens (tertiary/aromatic N) is 2. The highest BCUT2D eigenvalue weighted by Crippen LogP contribution is 2.24. The van der Waals surface area contributed by atoms with Crippen LogP contribution in [0.15, 0.2) is 0 Å². The Morgan fingerprint density at radius 1 is 1.24 bits per heavy atom. The third-order valence-corrected chi connectivity index (χ3v) is 4.21. The van der Waals surface area contributed by atoms with Gasteiger partial charge in [0.05, 0.1) is 0 Å². The number of hydrogen-bond donors (Lipinski definition) is 2. The van der Waals surface area contributed by atoms with Crippen LogP contribution in [-0.2, 0) is 0 Å². The fraction of sp³-hybridized carbons (Fsp3) is 0.667. The smallest absolute Gasteiger partial charge is 0.135 e. The summed E-state index contributed by atoms with van der Waals surface area (Å²) in [5.74, 6) is 5.18. The van der Waals surface area contributed by atoms with E-state index in [1.165, 1.54) is 24.3 Å². The second kappa shape index (κ2) is 5.58. The molecule has 5 heteroatoms. The number of hydrogen-bond acceptors (Lipinski definition) is 5. The molecule has 0 aromatic carbocycles. The molecule has 17 heavy (non-hydrogen) atoms. The minimum atomic E-state index is 0.548. The largest absolute Gasteiger partial charge is 0.373 e. The SMILES string of the molecule is CNc1nc(C)nc(NC2CCCSC2)c1C. The molecule has 4 nitrogen and oxygen atoms in total. The zero-order valence-electron chi connectivity index (χ0n) is 10.7. The lowest BCUT2D eigenvalue weighted by Crippen LogP contribution is -2.27. The molecule has 0 radical (unpaired) electrons. The fourth-order valence-electron chi connectivity index (χ4n) is 2.06. The van der Waals surface area contributed by atoms with Crippen LogP contribution in [0.4, 0.5) is 11.6 Å². The van der Waals surface area contributed by atoms with Crippen LogP contribution >= 0.6 is 11.8 Å². The summed E-state index contributed by atoms with van der Waals surface area (Å²) in [5, 5.41) is 6.67. The van der Waals surface area contributed by atoms with E-state index in [9.17, 15) is 0 Å². The van der Waals surface area contributed by atoms with Crippen LogP contribution < -0.4 is 10.6 Å². The zero-order valence-corrected chi connectivity index (χ0v) is 11.5. The highest BCUT2D eigenvalue weighted by atomic mass is 32.2. The second-order valence-electron chi connectivity index (χ2n) is 4.40. The van der Waals surface area contributed by atoms with Crippen molar-refractivity contribution in [1.29, 1.82) is 0 Å². The van der Waals surface area contributed by atoms with E-state index in [4.69, 9.17) is 0 Å². The lowest BCUT2D eigenvalue weighted by Gasteiger charge is -2.24. The minimum Gasteiger partial charge on any atom is -0.373 e. The molecule has 1 saturated heterocycles. The van der Waals surface area contributed by atoms with Crippen molar-refractivity contribution < 1.29 is 0 Å². The van der Waals surface area contributed by atoms with Crippen molar-refractivity contribution in [1.82, 2.24) is 9.97 Å². The Balaban J connectivity index is 2.16. The van der Waals surface area contributed by atoms with Crippen molar-refractivity contribution in [2.75, 3.05) is 29.2 Å². The van der Waals surface area contributed by atoms with E-state index in [-0.39, 0.29) is 0 Å². The predicted octanol–water partition coefficient (Wildman–Crippen LogP) is 2.44. The van der Waals surface area contributed by atoms with Gasteiger partial charge in [0, 0.05) is 24.4 Å². The highest BCUT2D eigenvalue weighted by molar-refractivity contribution is 7.99. The molecule has 1 fully saturated rings. The quantitative estimate of drug-likeness (QED) is 0.865. The van der Waals surface area contributed by atoms with E-state index in [0.29, 0.717) is 6.04 Å². The molecule has 94 valence electrons. The van der Waals surface area contributed by atoms with Gasteiger partial charge in [-0.25, -0.2) is 9.97 Å².